The molecule has 9 heteroatoms. The summed E-state index contributed by atoms with van der Waals surface area (Å²) in [6.07, 6.45) is 1.43. The highest BCUT2D eigenvalue weighted by atomic mass is 16.6. The summed E-state index contributed by atoms with van der Waals surface area (Å²) in [6, 6.07) is 8.64. The van der Waals surface area contributed by atoms with E-state index in [1.807, 2.05) is 19.1 Å². The largest absolute Gasteiger partial charge is 0.443 e. The molecular formula is C22H22N4O5. The summed E-state index contributed by atoms with van der Waals surface area (Å²) in [5.41, 5.74) is 3.14. The lowest BCUT2D eigenvalue weighted by Gasteiger charge is -2.19. The zero-order valence-electron chi connectivity index (χ0n) is 17.0. The minimum atomic E-state index is -0.545. The summed E-state index contributed by atoms with van der Waals surface area (Å²) >= 11 is 0. The molecule has 2 fully saturated rings. The Balaban J connectivity index is 1.08. The molecule has 0 bridgehead atoms. The predicted octanol–water partition coefficient (Wildman–Crippen LogP) is 2.07. The van der Waals surface area contributed by atoms with Crippen molar-refractivity contribution in [2.24, 2.45) is 17.8 Å². The van der Waals surface area contributed by atoms with Gasteiger partial charge in [-0.2, -0.15) is 0 Å². The Kier molecular flexibility index (Phi) is 4.72. The number of aromatic amines is 1. The molecule has 0 radical (unpaired) electrons. The number of H-pyrrole nitrogens is 1. The Morgan fingerprint density at radius 2 is 2.06 bits per heavy atom. The molecule has 2 N–H and O–H groups in total. The van der Waals surface area contributed by atoms with Crippen LogP contribution in [-0.2, 0) is 11.3 Å². The van der Waals surface area contributed by atoms with E-state index in [1.54, 1.807) is 29.3 Å². The Hall–Kier alpha value is -3.62. The molecule has 5 rings (SSSR count). The van der Waals surface area contributed by atoms with E-state index < -0.39 is 5.76 Å². The molecule has 1 aliphatic carbocycles. The zero-order valence-corrected chi connectivity index (χ0v) is 17.0. The first-order chi connectivity index (χ1) is 15.0. The number of carbonyl (C=O) groups excluding carboxylic acids is 2. The first-order valence-electron chi connectivity index (χ1n) is 10.2. The summed E-state index contributed by atoms with van der Waals surface area (Å²) in [7, 11) is 0. The number of fused-ring (bicyclic) bond motifs is 2. The summed E-state index contributed by atoms with van der Waals surface area (Å²) in [4.78, 5) is 44.5. The van der Waals surface area contributed by atoms with E-state index in [-0.39, 0.29) is 18.6 Å². The molecule has 9 nitrogen and oxygen atoms in total. The number of hydrogen-bond acceptors (Lipinski definition) is 6. The van der Waals surface area contributed by atoms with Gasteiger partial charge in [0.05, 0.1) is 11.2 Å². The van der Waals surface area contributed by atoms with Gasteiger partial charge in [-0.15, -0.1) is 0 Å². The van der Waals surface area contributed by atoms with Gasteiger partial charge in [0.25, 0.3) is 5.91 Å². The van der Waals surface area contributed by atoms with Crippen LogP contribution in [0, 0.1) is 24.7 Å². The number of pyridine rings is 1. The molecule has 2 amide bonds. The summed E-state index contributed by atoms with van der Waals surface area (Å²) < 4.78 is 10.4. The van der Waals surface area contributed by atoms with Gasteiger partial charge in [0.15, 0.2) is 5.58 Å². The topological polar surface area (TPSA) is 118 Å². The third kappa shape index (κ3) is 3.90. The number of amides is 2. The van der Waals surface area contributed by atoms with Gasteiger partial charge >= 0.3 is 11.8 Å². The SMILES string of the molecule is Cc1ccc(COC(=O)N2C[C@@H]3C(CNC(=O)c4ccc5[nH]c(=O)oc5c4)[C@@H]3C2)nc1. The van der Waals surface area contributed by atoms with Gasteiger partial charge in [-0.05, 0) is 54.5 Å². The molecule has 1 unspecified atom stereocenters. The molecule has 3 heterocycles. The monoisotopic (exact) mass is 422 g/mol. The van der Waals surface area contributed by atoms with Gasteiger partial charge in [-0.1, -0.05) is 6.07 Å². The van der Waals surface area contributed by atoms with E-state index in [4.69, 9.17) is 9.15 Å². The lowest BCUT2D eigenvalue weighted by molar-refractivity contribution is 0.0928. The van der Waals surface area contributed by atoms with Crippen molar-refractivity contribution in [3.8, 4) is 0 Å². The van der Waals surface area contributed by atoms with E-state index in [0.29, 0.717) is 54.1 Å². The van der Waals surface area contributed by atoms with Gasteiger partial charge in [-0.3, -0.25) is 14.8 Å². The lowest BCUT2D eigenvalue weighted by atomic mass is 10.2. The number of ether oxygens (including phenoxy) is 1. The van der Waals surface area contributed by atoms with Crippen molar-refractivity contribution in [2.75, 3.05) is 19.6 Å². The highest BCUT2D eigenvalue weighted by Gasteiger charge is 2.56. The van der Waals surface area contributed by atoms with E-state index >= 15 is 0 Å². The molecule has 2 aliphatic rings. The maximum Gasteiger partial charge on any atom is 0.417 e. The number of aryl methyl sites for hydroxylation is 1. The predicted molar refractivity (Wildman–Crippen MR) is 110 cm³/mol. The summed E-state index contributed by atoms with van der Waals surface area (Å²) in [5, 5.41) is 2.94. The first kappa shape index (κ1) is 19.3. The third-order valence-electron chi connectivity index (χ3n) is 6.13. The molecule has 3 atom stereocenters. The van der Waals surface area contributed by atoms with Crippen LogP contribution < -0.4 is 11.1 Å². The van der Waals surface area contributed by atoms with Crippen molar-refractivity contribution in [2.45, 2.75) is 13.5 Å². The summed E-state index contributed by atoms with van der Waals surface area (Å²) in [6.45, 7) is 3.96. The van der Waals surface area contributed by atoms with Crippen LogP contribution in [0.1, 0.15) is 21.6 Å². The Morgan fingerprint density at radius 1 is 1.26 bits per heavy atom. The molecule has 31 heavy (non-hydrogen) atoms. The van der Waals surface area contributed by atoms with Crippen LogP contribution in [0.2, 0.25) is 0 Å². The second kappa shape index (κ2) is 7.57. The Morgan fingerprint density at radius 3 is 2.81 bits per heavy atom. The van der Waals surface area contributed by atoms with Crippen molar-refractivity contribution in [1.82, 2.24) is 20.2 Å². The quantitative estimate of drug-likeness (QED) is 0.650. The van der Waals surface area contributed by atoms with Gasteiger partial charge < -0.3 is 19.4 Å². The van der Waals surface area contributed by atoms with E-state index in [1.165, 1.54) is 0 Å². The highest BCUT2D eigenvalue weighted by molar-refractivity contribution is 5.97. The number of nitrogens with one attached hydrogen (secondary N) is 2. The summed E-state index contributed by atoms with van der Waals surface area (Å²) in [5.74, 6) is 0.376. The number of carbonyl (C=O) groups is 2. The van der Waals surface area contributed by atoms with Gasteiger partial charge in [0, 0.05) is 31.4 Å². The molecule has 0 spiro atoms. The fraction of sp³-hybridized carbons (Fsp3) is 0.364. The Bertz CT molecular complexity index is 1190. The normalized spacial score (nSPS) is 21.7. The van der Waals surface area contributed by atoms with Crippen LogP contribution in [0.4, 0.5) is 4.79 Å². The minimum absolute atomic E-state index is 0.163. The number of hydrogen-bond donors (Lipinski definition) is 2. The number of oxazole rings is 1. The van der Waals surface area contributed by atoms with E-state index in [2.05, 4.69) is 15.3 Å². The molecule has 1 aliphatic heterocycles. The second-order valence-electron chi connectivity index (χ2n) is 8.21. The Labute approximate surface area is 177 Å². The number of likely N-dealkylation sites (tertiary alicyclic amines) is 1. The number of rotatable bonds is 5. The minimum Gasteiger partial charge on any atom is -0.443 e. The second-order valence-corrected chi connectivity index (χ2v) is 8.21. The number of aromatic nitrogens is 2. The lowest BCUT2D eigenvalue weighted by Crippen LogP contribution is -2.34. The van der Waals surface area contributed by atoms with E-state index in [9.17, 15) is 14.4 Å². The maximum absolute atomic E-state index is 12.4. The van der Waals surface area contributed by atoms with Crippen LogP contribution in [-0.4, -0.2) is 46.5 Å². The van der Waals surface area contributed by atoms with Crippen molar-refractivity contribution in [3.63, 3.8) is 0 Å². The van der Waals surface area contributed by atoms with Crippen LogP contribution in [0.5, 0.6) is 0 Å². The molecule has 1 aromatic carbocycles. The van der Waals surface area contributed by atoms with Crippen molar-refractivity contribution < 1.29 is 18.7 Å². The molecule has 3 aromatic rings. The fourth-order valence-corrected chi connectivity index (χ4v) is 4.31. The third-order valence-corrected chi connectivity index (χ3v) is 6.13. The molecule has 160 valence electrons. The smallest absolute Gasteiger partial charge is 0.417 e. The number of nitrogens with zero attached hydrogens (tertiary/aromatic N) is 2. The number of benzene rings is 1. The molecule has 1 saturated heterocycles. The highest BCUT2D eigenvalue weighted by Crippen LogP contribution is 2.51. The van der Waals surface area contributed by atoms with Crippen molar-refractivity contribution in [3.05, 3.63) is 63.9 Å². The maximum atomic E-state index is 12.4. The standard InChI is InChI=1S/C22H22N4O5/c1-12-2-4-14(23-7-12)11-30-22(29)26-9-16-15(17(16)10-26)8-24-20(27)13-3-5-18-19(6-13)31-21(28)25-18/h2-7,15-17H,8-11H2,1H3,(H,24,27)(H,25,28)/t15?,16-,17+. The van der Waals surface area contributed by atoms with E-state index in [0.717, 1.165) is 11.3 Å². The molecule has 1 saturated carbocycles. The average Bonchev–Trinajstić information content (AvgIpc) is 3.07. The molecule has 2 aromatic heterocycles. The van der Waals surface area contributed by atoms with Crippen molar-refractivity contribution >= 4 is 23.1 Å². The van der Waals surface area contributed by atoms with Crippen molar-refractivity contribution in [1.29, 1.82) is 0 Å². The van der Waals surface area contributed by atoms with Gasteiger partial charge in [-0.25, -0.2) is 9.59 Å². The van der Waals surface area contributed by atoms with Crippen LogP contribution in [0.15, 0.2) is 45.7 Å². The average molecular weight is 422 g/mol. The van der Waals surface area contributed by atoms with Gasteiger partial charge in [0.1, 0.15) is 6.61 Å². The van der Waals surface area contributed by atoms with Crippen LogP contribution >= 0.6 is 0 Å². The zero-order chi connectivity index (χ0) is 21.5. The molecular weight excluding hydrogens is 400 g/mol. The van der Waals surface area contributed by atoms with Gasteiger partial charge in [0.2, 0.25) is 0 Å². The van der Waals surface area contributed by atoms with Crippen LogP contribution in [0.25, 0.3) is 11.1 Å². The number of piperidine rings is 1. The first-order valence-corrected chi connectivity index (χ1v) is 10.2. The van der Waals surface area contributed by atoms with Crippen LogP contribution in [0.3, 0.4) is 0 Å². The fourth-order valence-electron chi connectivity index (χ4n) is 4.31.